The van der Waals surface area contributed by atoms with Crippen molar-refractivity contribution in [2.45, 2.75) is 43.0 Å². The van der Waals surface area contributed by atoms with Crippen molar-refractivity contribution in [2.75, 3.05) is 19.5 Å². The number of aromatic nitrogens is 2. The van der Waals surface area contributed by atoms with Crippen molar-refractivity contribution in [1.29, 1.82) is 0 Å². The molecule has 7 nitrogen and oxygen atoms in total. The van der Waals surface area contributed by atoms with Crippen LogP contribution in [-0.4, -0.2) is 35.3 Å². The van der Waals surface area contributed by atoms with Crippen molar-refractivity contribution in [3.8, 4) is 11.5 Å². The third kappa shape index (κ3) is 4.27. The number of hydrogen-bond acceptors (Lipinski definition) is 6. The van der Waals surface area contributed by atoms with Crippen molar-refractivity contribution < 1.29 is 14.3 Å². The smallest absolute Gasteiger partial charge is 0.254 e. The Morgan fingerprint density at radius 3 is 2.78 bits per heavy atom. The van der Waals surface area contributed by atoms with Crippen molar-refractivity contribution >= 4 is 23.4 Å². The lowest BCUT2D eigenvalue weighted by Crippen LogP contribution is -2.25. The lowest BCUT2D eigenvalue weighted by molar-refractivity contribution is -0.115. The van der Waals surface area contributed by atoms with E-state index in [4.69, 9.17) is 9.47 Å². The summed E-state index contributed by atoms with van der Waals surface area (Å²) in [6, 6.07) is 5.21. The fourth-order valence-corrected chi connectivity index (χ4v) is 3.99. The zero-order chi connectivity index (χ0) is 19.4. The van der Waals surface area contributed by atoms with Gasteiger partial charge in [-0.15, -0.1) is 0 Å². The highest BCUT2D eigenvalue weighted by Crippen LogP contribution is 2.31. The lowest BCUT2D eigenvalue weighted by Gasteiger charge is -2.15. The summed E-state index contributed by atoms with van der Waals surface area (Å²) >= 11 is 1.28. The maximum Gasteiger partial charge on any atom is 0.254 e. The van der Waals surface area contributed by atoms with Crippen LogP contribution in [0.3, 0.4) is 0 Å². The third-order valence-electron chi connectivity index (χ3n) is 4.49. The Hall–Kier alpha value is -2.48. The van der Waals surface area contributed by atoms with Crippen LogP contribution in [0.2, 0.25) is 0 Å². The Morgan fingerprint density at radius 1 is 1.30 bits per heavy atom. The van der Waals surface area contributed by atoms with E-state index in [1.165, 1.54) is 11.8 Å². The highest BCUT2D eigenvalue weighted by Gasteiger charge is 2.22. The number of nitrogens with one attached hydrogen (secondary N) is 2. The molecule has 1 aliphatic carbocycles. The van der Waals surface area contributed by atoms with Gasteiger partial charge in [0.1, 0.15) is 0 Å². The number of aromatic amines is 1. The molecule has 8 heteroatoms. The second-order valence-electron chi connectivity index (χ2n) is 6.22. The van der Waals surface area contributed by atoms with E-state index in [0.717, 1.165) is 30.5 Å². The summed E-state index contributed by atoms with van der Waals surface area (Å²) in [7, 11) is 3.11. The van der Waals surface area contributed by atoms with Crippen LogP contribution < -0.4 is 20.3 Å². The molecule has 1 unspecified atom stereocenters. The lowest BCUT2D eigenvalue weighted by atomic mass is 10.2. The van der Waals surface area contributed by atoms with Gasteiger partial charge < -0.3 is 19.8 Å². The number of methoxy groups -OCH3 is 2. The molecule has 27 heavy (non-hydrogen) atoms. The summed E-state index contributed by atoms with van der Waals surface area (Å²) in [5.41, 5.74) is 2.17. The number of nitrogens with zero attached hydrogens (tertiary/aromatic N) is 1. The molecule has 1 amide bonds. The monoisotopic (exact) mass is 389 g/mol. The first-order chi connectivity index (χ1) is 13.0. The van der Waals surface area contributed by atoms with Crippen molar-refractivity contribution in [3.05, 3.63) is 39.8 Å². The molecular formula is C19H23N3O4S. The molecule has 0 saturated heterocycles. The zero-order valence-electron chi connectivity index (χ0n) is 15.6. The van der Waals surface area contributed by atoms with Crippen LogP contribution in [0.5, 0.6) is 11.5 Å². The average molecular weight is 389 g/mol. The number of carbonyl (C=O) groups is 1. The number of fused-ring (bicyclic) bond motifs is 1. The molecule has 0 fully saturated rings. The maximum atomic E-state index is 12.7. The van der Waals surface area contributed by atoms with Gasteiger partial charge in [0, 0.05) is 17.3 Å². The summed E-state index contributed by atoms with van der Waals surface area (Å²) in [6.45, 7) is 1.93. The predicted octanol–water partition coefficient (Wildman–Crippen LogP) is 2.79. The van der Waals surface area contributed by atoms with Crippen LogP contribution >= 0.6 is 11.8 Å². The number of hydrogen-bond donors (Lipinski definition) is 2. The third-order valence-corrected chi connectivity index (χ3v) is 5.74. The molecule has 0 radical (unpaired) electrons. The molecule has 1 aromatic carbocycles. The Kier molecular flexibility index (Phi) is 6.05. The van der Waals surface area contributed by atoms with Crippen molar-refractivity contribution in [2.24, 2.45) is 0 Å². The molecule has 144 valence electrons. The first kappa shape index (κ1) is 19.3. The number of benzene rings is 1. The molecule has 2 N–H and O–H groups in total. The fourth-order valence-electron chi connectivity index (χ4n) is 3.07. The molecule has 1 heterocycles. The number of carbonyl (C=O) groups excluding carboxylic acids is 1. The van der Waals surface area contributed by atoms with Gasteiger partial charge in [-0.1, -0.05) is 18.7 Å². The molecule has 1 aromatic heterocycles. The summed E-state index contributed by atoms with van der Waals surface area (Å²) < 4.78 is 10.5. The van der Waals surface area contributed by atoms with E-state index in [0.29, 0.717) is 28.8 Å². The van der Waals surface area contributed by atoms with Gasteiger partial charge in [0.15, 0.2) is 16.7 Å². The van der Waals surface area contributed by atoms with E-state index in [1.807, 2.05) is 6.92 Å². The van der Waals surface area contributed by atoms with Crippen LogP contribution in [0.25, 0.3) is 0 Å². The van der Waals surface area contributed by atoms with Crippen molar-refractivity contribution in [3.63, 3.8) is 0 Å². The minimum Gasteiger partial charge on any atom is -0.493 e. The SMILES string of the molecule is CCC(Sc1nc2c(c(=O)[nH]1)CCC2)C(=O)Nc1ccc(OC)c(OC)c1. The van der Waals surface area contributed by atoms with Gasteiger partial charge in [-0.25, -0.2) is 4.98 Å². The highest BCUT2D eigenvalue weighted by atomic mass is 32.2. The summed E-state index contributed by atoms with van der Waals surface area (Å²) in [6.07, 6.45) is 3.15. The summed E-state index contributed by atoms with van der Waals surface area (Å²) in [4.78, 5) is 32.2. The second-order valence-corrected chi connectivity index (χ2v) is 7.42. The number of thioether (sulfide) groups is 1. The van der Waals surface area contributed by atoms with Crippen LogP contribution in [-0.2, 0) is 17.6 Å². The quantitative estimate of drug-likeness (QED) is 0.559. The zero-order valence-corrected chi connectivity index (χ0v) is 16.4. The van der Waals surface area contributed by atoms with Crippen LogP contribution in [0, 0.1) is 0 Å². The van der Waals surface area contributed by atoms with Crippen molar-refractivity contribution in [1.82, 2.24) is 9.97 Å². The van der Waals surface area contributed by atoms with Crippen LogP contribution in [0.15, 0.2) is 28.2 Å². The predicted molar refractivity (Wildman–Crippen MR) is 105 cm³/mol. The molecule has 0 bridgehead atoms. The minimum atomic E-state index is -0.374. The summed E-state index contributed by atoms with van der Waals surface area (Å²) in [5, 5.41) is 3.01. The number of rotatable bonds is 7. The first-order valence-corrected chi connectivity index (χ1v) is 9.75. The number of anilines is 1. The molecule has 0 spiro atoms. The Bertz CT molecular complexity index is 897. The molecule has 3 rings (SSSR count). The van der Waals surface area contributed by atoms with Gasteiger partial charge in [-0.2, -0.15) is 0 Å². The first-order valence-electron chi connectivity index (χ1n) is 8.87. The van der Waals surface area contributed by atoms with E-state index in [2.05, 4.69) is 15.3 Å². The van der Waals surface area contributed by atoms with Gasteiger partial charge in [-0.3, -0.25) is 9.59 Å². The molecule has 2 aromatic rings. The van der Waals surface area contributed by atoms with E-state index >= 15 is 0 Å². The largest absolute Gasteiger partial charge is 0.493 e. The van der Waals surface area contributed by atoms with E-state index in [1.54, 1.807) is 32.4 Å². The Balaban J connectivity index is 1.73. The average Bonchev–Trinajstić information content (AvgIpc) is 3.15. The van der Waals surface area contributed by atoms with Gasteiger partial charge in [0.25, 0.3) is 5.56 Å². The Labute approximate surface area is 161 Å². The normalized spacial score (nSPS) is 13.7. The fraction of sp³-hybridized carbons (Fsp3) is 0.421. The molecule has 0 saturated carbocycles. The van der Waals surface area contributed by atoms with Gasteiger partial charge in [-0.05, 0) is 37.8 Å². The number of aryl methyl sites for hydroxylation is 1. The second kappa shape index (κ2) is 8.47. The number of ether oxygens (including phenoxy) is 2. The standard InChI is InChI=1S/C19H23N3O4S/c1-4-16(27-19-21-13-7-5-6-12(13)17(23)22-19)18(24)20-11-8-9-14(25-2)15(10-11)26-3/h8-10,16H,4-7H2,1-3H3,(H,20,24)(H,21,22,23). The van der Waals surface area contributed by atoms with E-state index in [9.17, 15) is 9.59 Å². The maximum absolute atomic E-state index is 12.7. The van der Waals surface area contributed by atoms with Gasteiger partial charge in [0.2, 0.25) is 5.91 Å². The molecule has 1 atom stereocenters. The topological polar surface area (TPSA) is 93.3 Å². The highest BCUT2D eigenvalue weighted by molar-refractivity contribution is 8.00. The minimum absolute atomic E-state index is 0.0878. The van der Waals surface area contributed by atoms with E-state index < -0.39 is 0 Å². The van der Waals surface area contributed by atoms with Gasteiger partial charge in [0.05, 0.1) is 25.2 Å². The van der Waals surface area contributed by atoms with Crippen LogP contribution in [0.4, 0.5) is 5.69 Å². The summed E-state index contributed by atoms with van der Waals surface area (Å²) in [5.74, 6) is 0.982. The molecule has 0 aliphatic heterocycles. The molecular weight excluding hydrogens is 366 g/mol. The molecule has 1 aliphatic rings. The van der Waals surface area contributed by atoms with Gasteiger partial charge >= 0.3 is 0 Å². The number of amides is 1. The number of H-pyrrole nitrogens is 1. The Morgan fingerprint density at radius 2 is 2.07 bits per heavy atom. The van der Waals surface area contributed by atoms with E-state index in [-0.39, 0.29) is 16.7 Å². The van der Waals surface area contributed by atoms with Crippen LogP contribution in [0.1, 0.15) is 31.0 Å².